The summed E-state index contributed by atoms with van der Waals surface area (Å²) in [6.07, 6.45) is 0. The number of nitrogens with zero attached hydrogens (tertiary/aromatic N) is 1. The van der Waals surface area contributed by atoms with Crippen LogP contribution in [0.3, 0.4) is 0 Å². The summed E-state index contributed by atoms with van der Waals surface area (Å²) in [5.74, 6) is -2.75. The van der Waals surface area contributed by atoms with Crippen molar-refractivity contribution in [2.24, 2.45) is 12.8 Å². The highest BCUT2D eigenvalue weighted by Gasteiger charge is 2.27. The summed E-state index contributed by atoms with van der Waals surface area (Å²) < 4.78 is 14.8. The van der Waals surface area contributed by atoms with Gasteiger partial charge in [-0.05, 0) is 50.1 Å². The van der Waals surface area contributed by atoms with Crippen molar-refractivity contribution in [1.29, 1.82) is 0 Å². The highest BCUT2D eigenvalue weighted by Crippen LogP contribution is 2.23. The molecule has 0 saturated heterocycles. The third kappa shape index (κ3) is 2.92. The van der Waals surface area contributed by atoms with Crippen molar-refractivity contribution < 1.29 is 18.8 Å². The minimum absolute atomic E-state index is 0.0837. The molecule has 0 radical (unpaired) electrons. The van der Waals surface area contributed by atoms with Gasteiger partial charge < -0.3 is 15.6 Å². The number of hydrogen-bond donors (Lipinski definition) is 2. The Bertz CT molecular complexity index is 868. The number of Topliss-reactive ketones (excluding diaryl/α,β-unsaturated/α-hetero) is 1. The van der Waals surface area contributed by atoms with Gasteiger partial charge in [-0.3, -0.25) is 14.4 Å². The van der Waals surface area contributed by atoms with Crippen molar-refractivity contribution in [3.8, 4) is 0 Å². The Balaban J connectivity index is 2.43. The number of nitrogens with two attached hydrogens (primary N) is 1. The largest absolute Gasteiger partial charge is 0.363 e. The average molecular weight is 331 g/mol. The predicted octanol–water partition coefficient (Wildman–Crippen LogP) is 2.01. The summed E-state index contributed by atoms with van der Waals surface area (Å²) in [5.41, 5.74) is 7.15. The Hall–Kier alpha value is -2.96. The smallest absolute Gasteiger partial charge is 0.291 e. The Kier molecular flexibility index (Phi) is 4.54. The van der Waals surface area contributed by atoms with E-state index in [1.165, 1.54) is 22.8 Å². The monoisotopic (exact) mass is 331 g/mol. The molecule has 1 aromatic heterocycles. The maximum atomic E-state index is 13.3. The van der Waals surface area contributed by atoms with Gasteiger partial charge in [0.25, 0.3) is 17.6 Å². The van der Waals surface area contributed by atoms with Crippen LogP contribution in [-0.4, -0.2) is 22.2 Å². The number of carbonyl (C=O) groups is 3. The van der Waals surface area contributed by atoms with E-state index in [1.54, 1.807) is 27.8 Å². The van der Waals surface area contributed by atoms with Gasteiger partial charge in [0.2, 0.25) is 0 Å². The number of anilines is 1. The number of halogens is 1. The SMILES string of the molecule is Cc1cc(NC(=O)c2c(C)c(C(=O)C(N)=O)n(C)c2C)ccc1F. The zero-order chi connectivity index (χ0) is 18.2. The van der Waals surface area contributed by atoms with E-state index in [2.05, 4.69) is 5.32 Å². The first-order valence-electron chi connectivity index (χ1n) is 7.22. The van der Waals surface area contributed by atoms with Gasteiger partial charge in [-0.15, -0.1) is 0 Å². The summed E-state index contributed by atoms with van der Waals surface area (Å²) in [6, 6.07) is 4.22. The zero-order valence-electron chi connectivity index (χ0n) is 13.9. The van der Waals surface area contributed by atoms with E-state index in [9.17, 15) is 18.8 Å². The molecule has 0 aliphatic heterocycles. The number of amides is 2. The minimum Gasteiger partial charge on any atom is -0.363 e. The van der Waals surface area contributed by atoms with Gasteiger partial charge in [0.15, 0.2) is 0 Å². The van der Waals surface area contributed by atoms with Crippen molar-refractivity contribution in [2.45, 2.75) is 20.8 Å². The lowest BCUT2D eigenvalue weighted by Crippen LogP contribution is -2.25. The van der Waals surface area contributed by atoms with E-state index in [4.69, 9.17) is 5.73 Å². The highest BCUT2D eigenvalue weighted by atomic mass is 19.1. The molecule has 1 aromatic carbocycles. The standard InChI is InChI=1S/C17H18FN3O3/c1-8-7-11(5-6-12(8)18)20-17(24)13-9(2)14(15(22)16(19)23)21(4)10(13)3/h5-7H,1-4H3,(H2,19,23)(H,20,24). The Labute approximate surface area is 138 Å². The van der Waals surface area contributed by atoms with Crippen LogP contribution in [0.1, 0.15) is 37.7 Å². The van der Waals surface area contributed by atoms with E-state index in [0.29, 0.717) is 22.5 Å². The molecule has 0 bridgehead atoms. The van der Waals surface area contributed by atoms with Crippen molar-refractivity contribution in [2.75, 3.05) is 5.32 Å². The minimum atomic E-state index is -1.08. The normalized spacial score (nSPS) is 10.5. The quantitative estimate of drug-likeness (QED) is 0.663. The van der Waals surface area contributed by atoms with Crippen molar-refractivity contribution in [3.63, 3.8) is 0 Å². The number of aryl methyl sites for hydroxylation is 1. The lowest BCUT2D eigenvalue weighted by atomic mass is 10.1. The summed E-state index contributed by atoms with van der Waals surface area (Å²) in [5, 5.41) is 2.67. The van der Waals surface area contributed by atoms with E-state index < -0.39 is 17.6 Å². The second-order valence-corrected chi connectivity index (χ2v) is 5.60. The van der Waals surface area contributed by atoms with Crippen LogP contribution in [0.4, 0.5) is 10.1 Å². The molecule has 1 heterocycles. The number of hydrogen-bond acceptors (Lipinski definition) is 3. The Morgan fingerprint density at radius 1 is 1.17 bits per heavy atom. The van der Waals surface area contributed by atoms with Gasteiger partial charge in [0.1, 0.15) is 5.82 Å². The molecular formula is C17H18FN3O3. The Morgan fingerprint density at radius 3 is 2.33 bits per heavy atom. The molecule has 0 saturated carbocycles. The lowest BCUT2D eigenvalue weighted by molar-refractivity contribution is -0.114. The van der Waals surface area contributed by atoms with Crippen LogP contribution in [0.5, 0.6) is 0 Å². The van der Waals surface area contributed by atoms with Gasteiger partial charge in [-0.2, -0.15) is 0 Å². The molecular weight excluding hydrogens is 313 g/mol. The van der Waals surface area contributed by atoms with Gasteiger partial charge in [-0.25, -0.2) is 4.39 Å². The zero-order valence-corrected chi connectivity index (χ0v) is 13.9. The first-order valence-corrected chi connectivity index (χ1v) is 7.22. The number of rotatable bonds is 4. The van der Waals surface area contributed by atoms with E-state index in [-0.39, 0.29) is 17.1 Å². The molecule has 0 unspecified atom stereocenters. The van der Waals surface area contributed by atoms with E-state index in [1.807, 2.05) is 0 Å². The average Bonchev–Trinajstić information content (AvgIpc) is 2.72. The summed E-state index contributed by atoms with van der Waals surface area (Å²) in [7, 11) is 1.58. The van der Waals surface area contributed by atoms with Gasteiger partial charge >= 0.3 is 0 Å². The van der Waals surface area contributed by atoms with Gasteiger partial charge in [0, 0.05) is 18.4 Å². The molecule has 24 heavy (non-hydrogen) atoms. The molecule has 7 heteroatoms. The number of nitrogens with one attached hydrogen (secondary N) is 1. The summed E-state index contributed by atoms with van der Waals surface area (Å²) >= 11 is 0. The van der Waals surface area contributed by atoms with E-state index >= 15 is 0 Å². The van der Waals surface area contributed by atoms with Crippen LogP contribution in [0.25, 0.3) is 0 Å². The number of aromatic nitrogens is 1. The molecule has 6 nitrogen and oxygen atoms in total. The fraction of sp³-hybridized carbons (Fsp3) is 0.235. The molecule has 0 spiro atoms. The van der Waals surface area contributed by atoms with E-state index in [0.717, 1.165) is 0 Å². The number of carbonyl (C=O) groups excluding carboxylic acids is 3. The number of ketones is 1. The van der Waals surface area contributed by atoms with Crippen molar-refractivity contribution in [3.05, 3.63) is 52.1 Å². The summed E-state index contributed by atoms with van der Waals surface area (Å²) in [4.78, 5) is 35.7. The molecule has 3 N–H and O–H groups in total. The van der Waals surface area contributed by atoms with Crippen molar-refractivity contribution >= 4 is 23.3 Å². The fourth-order valence-corrected chi connectivity index (χ4v) is 2.67. The van der Waals surface area contributed by atoms with Crippen LogP contribution in [0.15, 0.2) is 18.2 Å². The topological polar surface area (TPSA) is 94.2 Å². The first kappa shape index (κ1) is 17.4. The third-order valence-corrected chi connectivity index (χ3v) is 4.01. The molecule has 0 fully saturated rings. The van der Waals surface area contributed by atoms with Crippen LogP contribution >= 0.6 is 0 Å². The first-order chi connectivity index (χ1) is 11.1. The third-order valence-electron chi connectivity index (χ3n) is 4.01. The lowest BCUT2D eigenvalue weighted by Gasteiger charge is -2.07. The van der Waals surface area contributed by atoms with Gasteiger partial charge in [-0.1, -0.05) is 0 Å². The van der Waals surface area contributed by atoms with Crippen LogP contribution in [0.2, 0.25) is 0 Å². The highest BCUT2D eigenvalue weighted by molar-refractivity contribution is 6.42. The van der Waals surface area contributed by atoms with Crippen molar-refractivity contribution in [1.82, 2.24) is 4.57 Å². The molecule has 0 aliphatic carbocycles. The molecule has 2 rings (SSSR count). The molecule has 126 valence electrons. The van der Waals surface area contributed by atoms with Gasteiger partial charge in [0.05, 0.1) is 11.3 Å². The molecule has 2 amide bonds. The maximum Gasteiger partial charge on any atom is 0.291 e. The van der Waals surface area contributed by atoms with Crippen LogP contribution in [0, 0.1) is 26.6 Å². The second-order valence-electron chi connectivity index (χ2n) is 5.60. The number of primary amides is 1. The molecule has 0 aliphatic rings. The Morgan fingerprint density at radius 2 is 1.79 bits per heavy atom. The van der Waals surface area contributed by atoms with Crippen LogP contribution in [-0.2, 0) is 11.8 Å². The molecule has 0 atom stereocenters. The molecule has 2 aromatic rings. The van der Waals surface area contributed by atoms with Crippen LogP contribution < -0.4 is 11.1 Å². The maximum absolute atomic E-state index is 13.3. The second kappa shape index (κ2) is 6.27. The predicted molar refractivity (Wildman–Crippen MR) is 87.5 cm³/mol. The fourth-order valence-electron chi connectivity index (χ4n) is 2.67. The number of benzene rings is 1. The summed E-state index contributed by atoms with van der Waals surface area (Å²) in [6.45, 7) is 4.83.